The third-order valence-corrected chi connectivity index (χ3v) is 15.4. The van der Waals surface area contributed by atoms with Gasteiger partial charge in [-0.25, -0.2) is 0 Å². The van der Waals surface area contributed by atoms with Crippen LogP contribution in [0.5, 0.6) is 0 Å². The van der Waals surface area contributed by atoms with E-state index in [2.05, 4.69) is 206 Å². The van der Waals surface area contributed by atoms with Gasteiger partial charge in [-0.15, -0.1) is 22.7 Å². The zero-order valence-corrected chi connectivity index (χ0v) is 34.2. The summed E-state index contributed by atoms with van der Waals surface area (Å²) in [5.41, 5.74) is 10.6. The van der Waals surface area contributed by atoms with Crippen LogP contribution in [0.1, 0.15) is 11.1 Å². The first-order valence-electron chi connectivity index (χ1n) is 20.8. The molecule has 2 atom stereocenters. The van der Waals surface area contributed by atoms with E-state index in [1.165, 1.54) is 117 Å². The molecule has 280 valence electrons. The van der Waals surface area contributed by atoms with Gasteiger partial charge in [0.2, 0.25) is 0 Å². The molecule has 0 N–H and O–H groups in total. The maximum absolute atomic E-state index is 2.46. The fourth-order valence-electron chi connectivity index (χ4n) is 10.6. The minimum absolute atomic E-state index is 0.213. The van der Waals surface area contributed by atoms with E-state index >= 15 is 0 Å². The number of hydrogen-bond acceptors (Lipinski definition) is 2. The highest BCUT2D eigenvalue weighted by atomic mass is 32.1. The number of hydrogen-bond donors (Lipinski definition) is 0. The summed E-state index contributed by atoms with van der Waals surface area (Å²) in [5.74, 6) is 0.439. The molecule has 0 saturated heterocycles. The van der Waals surface area contributed by atoms with Crippen molar-refractivity contribution in [1.82, 2.24) is 0 Å². The zero-order chi connectivity index (χ0) is 39.3. The summed E-state index contributed by atoms with van der Waals surface area (Å²) in [7, 11) is 0. The van der Waals surface area contributed by atoms with Crippen molar-refractivity contribution in [3.8, 4) is 22.3 Å². The van der Waals surface area contributed by atoms with Gasteiger partial charge in [0.25, 0.3) is 0 Å². The Kier molecular flexibility index (Phi) is 7.57. The second-order valence-corrected chi connectivity index (χ2v) is 18.3. The predicted molar refractivity (Wildman–Crippen MR) is 261 cm³/mol. The van der Waals surface area contributed by atoms with Gasteiger partial charge in [-0.05, 0) is 94.7 Å². The Morgan fingerprint density at radius 1 is 0.317 bits per heavy atom. The lowest BCUT2D eigenvalue weighted by Gasteiger charge is -2.33. The van der Waals surface area contributed by atoms with Crippen LogP contribution in [0.2, 0.25) is 0 Å². The third kappa shape index (κ3) is 5.02. The molecule has 2 heteroatoms. The molecule has 2 aliphatic rings. The van der Waals surface area contributed by atoms with E-state index in [4.69, 9.17) is 0 Å². The molecule has 0 amide bonds. The molecule has 0 saturated carbocycles. The fourth-order valence-corrected chi connectivity index (χ4v) is 13.0. The van der Waals surface area contributed by atoms with Gasteiger partial charge in [0.05, 0.1) is 0 Å². The monoisotopic (exact) mass is 796 g/mol. The molecular weight excluding hydrogens is 761 g/mol. The lowest BCUT2D eigenvalue weighted by atomic mass is 9.70. The molecule has 0 radical (unpaired) electrons. The first-order valence-corrected chi connectivity index (χ1v) is 22.5. The lowest BCUT2D eigenvalue weighted by Crippen LogP contribution is -2.40. The summed E-state index contributed by atoms with van der Waals surface area (Å²) < 4.78 is 5.38. The molecule has 2 heterocycles. The van der Waals surface area contributed by atoms with Gasteiger partial charge in [0.15, 0.2) is 0 Å². The molecule has 2 aromatic heterocycles. The molecule has 0 bridgehead atoms. The summed E-state index contributed by atoms with van der Waals surface area (Å²) in [6, 6.07) is 68.1. The largest absolute Gasteiger partial charge is 0.135 e. The van der Waals surface area contributed by atoms with E-state index in [0.29, 0.717) is 0 Å². The molecule has 0 aliphatic heterocycles. The second-order valence-electron chi connectivity index (χ2n) is 16.2. The highest BCUT2D eigenvalue weighted by Gasteiger charge is 2.33. The van der Waals surface area contributed by atoms with E-state index in [0.717, 1.165) is 0 Å². The molecule has 11 aromatic rings. The topological polar surface area (TPSA) is 0 Å². The molecule has 0 spiro atoms. The van der Waals surface area contributed by atoms with E-state index in [1.54, 1.807) is 0 Å². The summed E-state index contributed by atoms with van der Waals surface area (Å²) in [5, 5.41) is 13.2. The van der Waals surface area contributed by atoms with Crippen LogP contribution in [0.25, 0.3) is 95.3 Å². The van der Waals surface area contributed by atoms with E-state index in [9.17, 15) is 0 Å². The molecule has 0 nitrogen and oxygen atoms in total. The average molecular weight is 797 g/mol. The van der Waals surface area contributed by atoms with Crippen molar-refractivity contribution in [2.75, 3.05) is 0 Å². The van der Waals surface area contributed by atoms with Crippen LogP contribution < -0.4 is 10.4 Å². The minimum atomic E-state index is 0.213. The summed E-state index contributed by atoms with van der Waals surface area (Å²) in [6.07, 6.45) is 9.41. The number of thiophene rings is 2. The molecule has 60 heavy (non-hydrogen) atoms. The van der Waals surface area contributed by atoms with Crippen molar-refractivity contribution in [1.29, 1.82) is 0 Å². The Labute approximate surface area is 355 Å². The molecule has 2 unspecified atom stereocenters. The number of rotatable bonds is 4. The van der Waals surface area contributed by atoms with Crippen LogP contribution >= 0.6 is 22.7 Å². The van der Waals surface area contributed by atoms with Gasteiger partial charge in [0.1, 0.15) is 0 Å². The number of benzene rings is 9. The Hall–Kier alpha value is -6.84. The molecule has 9 aromatic carbocycles. The normalized spacial score (nSPS) is 16.1. The maximum Gasteiger partial charge on any atom is 0.0431 e. The smallest absolute Gasteiger partial charge is 0.0431 e. The minimum Gasteiger partial charge on any atom is -0.135 e. The van der Waals surface area contributed by atoms with Crippen LogP contribution in [0, 0.1) is 11.8 Å². The lowest BCUT2D eigenvalue weighted by molar-refractivity contribution is 0.687. The number of fused-ring (bicyclic) bond motifs is 10. The maximum atomic E-state index is 2.46. The Balaban J connectivity index is 1.04. The van der Waals surface area contributed by atoms with Gasteiger partial charge >= 0.3 is 0 Å². The molecule has 13 rings (SSSR count). The van der Waals surface area contributed by atoms with Crippen molar-refractivity contribution >= 4 is 95.7 Å². The second kappa shape index (κ2) is 13.3. The van der Waals surface area contributed by atoms with Crippen molar-refractivity contribution < 1.29 is 0 Å². The van der Waals surface area contributed by atoms with Crippen LogP contribution in [0.3, 0.4) is 0 Å². The first kappa shape index (κ1) is 34.1. The molecular formula is C58H36S2. The Morgan fingerprint density at radius 3 is 1.53 bits per heavy atom. The standard InChI is InChI=1S/C58H36S2/c1-2-15-35(16-3-1)54-41-18-4-6-20-43(41)55(44-21-7-5-19-42(44)54)37-30-32-40-49-26-14-27-50(58(49)60-53(40)34-37)57-47-24-10-8-22-45(47)56(46-23-9-11-25-48(46)57)36-29-31-39-38-17-12-13-28-51(38)59-52(39)33-36/h1-34,45,47H. The van der Waals surface area contributed by atoms with E-state index in [-0.39, 0.29) is 11.8 Å². The SMILES string of the molecule is C1=CC2C(c3ccc4c(c3)sc3ccccc34)=c3ccccc3=C(c3cccc4c3sc3cc(-c5c6ccccc6c(-c6ccccc6)c6ccccc56)ccc34)C2C=C1. The molecule has 2 aliphatic carbocycles. The van der Waals surface area contributed by atoms with Crippen LogP contribution in [0.4, 0.5) is 0 Å². The quantitative estimate of drug-likeness (QED) is 0.156. The van der Waals surface area contributed by atoms with Gasteiger partial charge in [0, 0.05) is 52.2 Å². The zero-order valence-electron chi connectivity index (χ0n) is 32.6. The highest BCUT2D eigenvalue weighted by molar-refractivity contribution is 7.26. The van der Waals surface area contributed by atoms with Crippen LogP contribution in [-0.2, 0) is 0 Å². The Morgan fingerprint density at radius 2 is 0.817 bits per heavy atom. The third-order valence-electron chi connectivity index (χ3n) is 13.1. The van der Waals surface area contributed by atoms with Crippen LogP contribution in [-0.4, -0.2) is 0 Å². The number of allylic oxidation sites excluding steroid dienone is 4. The molecule has 0 fully saturated rings. The van der Waals surface area contributed by atoms with Crippen molar-refractivity contribution in [3.05, 3.63) is 228 Å². The van der Waals surface area contributed by atoms with Crippen molar-refractivity contribution in [2.24, 2.45) is 11.8 Å². The van der Waals surface area contributed by atoms with Gasteiger partial charge in [-0.1, -0.05) is 188 Å². The van der Waals surface area contributed by atoms with Crippen LogP contribution in [0.15, 0.2) is 206 Å². The summed E-state index contributed by atoms with van der Waals surface area (Å²) in [4.78, 5) is 0. The predicted octanol–water partition coefficient (Wildman–Crippen LogP) is 14.8. The van der Waals surface area contributed by atoms with Gasteiger partial charge in [-0.2, -0.15) is 0 Å². The highest BCUT2D eigenvalue weighted by Crippen LogP contribution is 2.48. The van der Waals surface area contributed by atoms with Gasteiger partial charge < -0.3 is 0 Å². The van der Waals surface area contributed by atoms with Crippen molar-refractivity contribution in [2.45, 2.75) is 0 Å². The summed E-state index contributed by atoms with van der Waals surface area (Å²) >= 11 is 3.85. The Bertz CT molecular complexity index is 3720. The van der Waals surface area contributed by atoms with E-state index < -0.39 is 0 Å². The average Bonchev–Trinajstić information content (AvgIpc) is 3.88. The first-order chi connectivity index (χ1) is 29.8. The van der Waals surface area contributed by atoms with Gasteiger partial charge in [-0.3, -0.25) is 0 Å². The van der Waals surface area contributed by atoms with Crippen molar-refractivity contribution in [3.63, 3.8) is 0 Å². The van der Waals surface area contributed by atoms with E-state index in [1.807, 2.05) is 22.7 Å². The summed E-state index contributed by atoms with van der Waals surface area (Å²) in [6.45, 7) is 0. The fraction of sp³-hybridized carbons (Fsp3) is 0.0345.